The molecule has 0 saturated carbocycles. The number of nitrogens with zero attached hydrogens (tertiary/aromatic N) is 6. The van der Waals surface area contributed by atoms with Crippen LogP contribution in [0.4, 0.5) is 8.78 Å². The number of amides is 1. The zero-order valence-corrected chi connectivity index (χ0v) is 18.1. The number of pyridine rings is 1. The molecule has 3 aromatic heterocycles. The predicted octanol–water partition coefficient (Wildman–Crippen LogP) is 3.71. The van der Waals surface area contributed by atoms with E-state index in [9.17, 15) is 13.6 Å². The summed E-state index contributed by atoms with van der Waals surface area (Å²) in [4.78, 5) is 18.2. The van der Waals surface area contributed by atoms with Crippen molar-refractivity contribution in [2.24, 2.45) is 7.05 Å². The van der Waals surface area contributed by atoms with Crippen LogP contribution in [0.2, 0.25) is 0 Å². The zero-order chi connectivity index (χ0) is 22.4. The number of aromatic nitrogens is 5. The molecule has 1 unspecified atom stereocenters. The van der Waals surface area contributed by atoms with E-state index in [2.05, 4.69) is 26.3 Å². The van der Waals surface area contributed by atoms with E-state index in [1.54, 1.807) is 4.90 Å². The summed E-state index contributed by atoms with van der Waals surface area (Å²) in [7, 11) is 1.89. The molecule has 0 saturated heterocycles. The molecule has 4 aromatic rings. The number of halogens is 2. The maximum absolute atomic E-state index is 14.0. The van der Waals surface area contributed by atoms with Crippen molar-refractivity contribution in [3.63, 3.8) is 0 Å². The SMILES string of the molecule is Cc1c(C2CN(C(=O)c3nnc(-c4ccc(F)nc4F)s3)Cc3ccccc32)cnn1C. The van der Waals surface area contributed by atoms with Crippen LogP contribution in [-0.4, -0.2) is 42.3 Å². The minimum Gasteiger partial charge on any atom is -0.331 e. The molecule has 32 heavy (non-hydrogen) atoms. The van der Waals surface area contributed by atoms with Gasteiger partial charge in [0.2, 0.25) is 16.9 Å². The fourth-order valence-corrected chi connectivity index (χ4v) is 4.84. The molecule has 162 valence electrons. The molecule has 1 aliphatic rings. The molecule has 0 fully saturated rings. The highest BCUT2D eigenvalue weighted by Crippen LogP contribution is 2.36. The van der Waals surface area contributed by atoms with Gasteiger partial charge >= 0.3 is 0 Å². The van der Waals surface area contributed by atoms with Gasteiger partial charge in [0.1, 0.15) is 0 Å². The van der Waals surface area contributed by atoms with Gasteiger partial charge in [-0.1, -0.05) is 35.6 Å². The maximum atomic E-state index is 14.0. The van der Waals surface area contributed by atoms with Crippen LogP contribution >= 0.6 is 11.3 Å². The van der Waals surface area contributed by atoms with Crippen molar-refractivity contribution >= 4 is 17.2 Å². The lowest BCUT2D eigenvalue weighted by molar-refractivity contribution is 0.0723. The van der Waals surface area contributed by atoms with E-state index in [4.69, 9.17) is 0 Å². The van der Waals surface area contributed by atoms with Gasteiger partial charge in [0.25, 0.3) is 5.91 Å². The van der Waals surface area contributed by atoms with E-state index in [0.717, 1.165) is 34.2 Å². The zero-order valence-electron chi connectivity index (χ0n) is 17.3. The number of benzene rings is 1. The third-order valence-corrected chi connectivity index (χ3v) is 6.73. The second kappa shape index (κ2) is 7.86. The normalized spacial score (nSPS) is 15.6. The van der Waals surface area contributed by atoms with Gasteiger partial charge in [-0.15, -0.1) is 10.2 Å². The average molecular weight is 452 g/mol. The van der Waals surface area contributed by atoms with Gasteiger partial charge in [-0.2, -0.15) is 18.9 Å². The Labute approximate surface area is 186 Å². The number of rotatable bonds is 3. The Bertz CT molecular complexity index is 1330. The topological polar surface area (TPSA) is 76.8 Å². The third-order valence-electron chi connectivity index (χ3n) is 5.78. The Kier molecular flexibility index (Phi) is 5.01. The first-order valence-electron chi connectivity index (χ1n) is 9.94. The summed E-state index contributed by atoms with van der Waals surface area (Å²) < 4.78 is 29.0. The number of hydrogen-bond donors (Lipinski definition) is 0. The van der Waals surface area contributed by atoms with Crippen molar-refractivity contribution in [2.75, 3.05) is 6.54 Å². The Morgan fingerprint density at radius 2 is 1.94 bits per heavy atom. The van der Waals surface area contributed by atoms with Gasteiger partial charge in [0, 0.05) is 37.3 Å². The van der Waals surface area contributed by atoms with Crippen molar-refractivity contribution in [3.8, 4) is 10.6 Å². The Morgan fingerprint density at radius 3 is 2.69 bits per heavy atom. The van der Waals surface area contributed by atoms with Crippen LogP contribution in [-0.2, 0) is 13.6 Å². The summed E-state index contributed by atoms with van der Waals surface area (Å²) >= 11 is 0.961. The molecule has 10 heteroatoms. The molecule has 5 rings (SSSR count). The highest BCUT2D eigenvalue weighted by molar-refractivity contribution is 7.16. The quantitative estimate of drug-likeness (QED) is 0.443. The molecule has 7 nitrogen and oxygen atoms in total. The van der Waals surface area contributed by atoms with Crippen LogP contribution in [0.25, 0.3) is 10.6 Å². The van der Waals surface area contributed by atoms with E-state index in [1.165, 1.54) is 11.6 Å². The molecule has 0 spiro atoms. The van der Waals surface area contributed by atoms with E-state index < -0.39 is 11.9 Å². The maximum Gasteiger partial charge on any atom is 0.285 e. The fourth-order valence-electron chi connectivity index (χ4n) is 4.01. The standard InChI is InChI=1S/C22H18F2N6OS/c1-12-16(9-25-29(12)2)17-11-30(10-13-5-3-4-6-14(13)17)22(31)21-28-27-20(32-21)15-7-8-18(23)26-19(15)24/h3-9,17H,10-11H2,1-2H3. The van der Waals surface area contributed by atoms with Gasteiger partial charge in [0.15, 0.2) is 5.01 Å². The summed E-state index contributed by atoms with van der Waals surface area (Å²) in [6.45, 7) is 2.91. The van der Waals surface area contributed by atoms with E-state index in [0.29, 0.717) is 13.1 Å². The predicted molar refractivity (Wildman–Crippen MR) is 114 cm³/mol. The molecule has 0 N–H and O–H groups in total. The number of fused-ring (bicyclic) bond motifs is 1. The van der Waals surface area contributed by atoms with Crippen LogP contribution in [0.15, 0.2) is 42.6 Å². The summed E-state index contributed by atoms with van der Waals surface area (Å²) in [5.41, 5.74) is 4.34. The van der Waals surface area contributed by atoms with Crippen LogP contribution < -0.4 is 0 Å². The Morgan fingerprint density at radius 1 is 1.12 bits per heavy atom. The molecule has 4 heterocycles. The minimum absolute atomic E-state index is 0.0100. The van der Waals surface area contributed by atoms with Gasteiger partial charge in [-0.05, 0) is 30.2 Å². The van der Waals surface area contributed by atoms with Crippen molar-refractivity contribution in [2.45, 2.75) is 19.4 Å². The van der Waals surface area contributed by atoms with Crippen molar-refractivity contribution in [1.82, 2.24) is 29.9 Å². The third kappa shape index (κ3) is 3.46. The highest BCUT2D eigenvalue weighted by atomic mass is 32.1. The molecule has 0 bridgehead atoms. The first-order chi connectivity index (χ1) is 15.4. The van der Waals surface area contributed by atoms with E-state index >= 15 is 0 Å². The lowest BCUT2D eigenvalue weighted by Crippen LogP contribution is -2.38. The molecule has 0 aliphatic carbocycles. The second-order valence-corrected chi connectivity index (χ2v) is 8.61. The smallest absolute Gasteiger partial charge is 0.285 e. The lowest BCUT2D eigenvalue weighted by atomic mass is 9.85. The van der Waals surface area contributed by atoms with Crippen LogP contribution in [0.3, 0.4) is 0 Å². The van der Waals surface area contributed by atoms with Crippen molar-refractivity contribution < 1.29 is 13.6 Å². The number of aryl methyl sites for hydroxylation is 1. The molecule has 1 atom stereocenters. The first-order valence-corrected chi connectivity index (χ1v) is 10.8. The molecule has 1 aliphatic heterocycles. The molecule has 1 aromatic carbocycles. The summed E-state index contributed by atoms with van der Waals surface area (Å²) in [6.07, 6.45) is 1.85. The highest BCUT2D eigenvalue weighted by Gasteiger charge is 2.32. The lowest BCUT2D eigenvalue weighted by Gasteiger charge is -2.34. The Hall–Kier alpha value is -3.53. The Balaban J connectivity index is 1.47. The van der Waals surface area contributed by atoms with Gasteiger partial charge in [0.05, 0.1) is 11.8 Å². The van der Waals surface area contributed by atoms with Gasteiger partial charge < -0.3 is 4.90 Å². The van der Waals surface area contributed by atoms with E-state index in [1.807, 2.05) is 43.0 Å². The second-order valence-electron chi connectivity index (χ2n) is 7.63. The van der Waals surface area contributed by atoms with Crippen LogP contribution in [0.1, 0.15) is 38.1 Å². The van der Waals surface area contributed by atoms with Crippen molar-refractivity contribution in [3.05, 3.63) is 81.9 Å². The average Bonchev–Trinajstić information content (AvgIpc) is 3.40. The van der Waals surface area contributed by atoms with Gasteiger partial charge in [-0.25, -0.2) is 0 Å². The van der Waals surface area contributed by atoms with E-state index in [-0.39, 0.29) is 27.4 Å². The molecule has 0 radical (unpaired) electrons. The largest absolute Gasteiger partial charge is 0.331 e. The van der Waals surface area contributed by atoms with Crippen molar-refractivity contribution in [1.29, 1.82) is 0 Å². The molecular weight excluding hydrogens is 434 g/mol. The number of hydrogen-bond acceptors (Lipinski definition) is 6. The molecule has 1 amide bonds. The monoisotopic (exact) mass is 452 g/mol. The number of carbonyl (C=O) groups is 1. The molecular formula is C22H18F2N6OS. The fraction of sp³-hybridized carbons (Fsp3) is 0.227. The van der Waals surface area contributed by atoms with Crippen LogP contribution in [0, 0.1) is 18.8 Å². The van der Waals surface area contributed by atoms with Gasteiger partial charge in [-0.3, -0.25) is 9.48 Å². The first kappa shape index (κ1) is 20.4. The minimum atomic E-state index is -0.987. The van der Waals surface area contributed by atoms with Crippen LogP contribution in [0.5, 0.6) is 0 Å². The summed E-state index contributed by atoms with van der Waals surface area (Å²) in [6, 6.07) is 10.3. The summed E-state index contributed by atoms with van der Waals surface area (Å²) in [5, 5.41) is 12.6. The summed E-state index contributed by atoms with van der Waals surface area (Å²) in [5.74, 6) is -2.22. The number of carbonyl (C=O) groups excluding carboxylic acids is 1.